The van der Waals surface area contributed by atoms with Crippen LogP contribution in [0.4, 0.5) is 5.69 Å². The van der Waals surface area contributed by atoms with Crippen molar-refractivity contribution in [3.05, 3.63) is 72.1 Å². The van der Waals surface area contributed by atoms with Crippen molar-refractivity contribution in [1.82, 2.24) is 20.4 Å². The lowest BCUT2D eigenvalue weighted by atomic mass is 9.90. The monoisotopic (exact) mass is 418 g/mol. The van der Waals surface area contributed by atoms with Crippen LogP contribution < -0.4 is 20.7 Å². The summed E-state index contributed by atoms with van der Waals surface area (Å²) in [7, 11) is 3.38. The average molecular weight is 419 g/mol. The van der Waals surface area contributed by atoms with Gasteiger partial charge >= 0.3 is 0 Å². The Morgan fingerprint density at radius 1 is 1.19 bits per heavy atom. The van der Waals surface area contributed by atoms with Gasteiger partial charge in [0.1, 0.15) is 5.75 Å². The second-order valence-corrected chi connectivity index (χ2v) is 7.29. The van der Waals surface area contributed by atoms with Crippen LogP contribution in [0.15, 0.2) is 65.8 Å². The molecule has 1 unspecified atom stereocenters. The number of carbonyl (C=O) groups excluding carboxylic acids is 1. The number of para-hydroxylation sites is 1. The molecule has 8 heteroatoms. The van der Waals surface area contributed by atoms with Crippen molar-refractivity contribution in [2.75, 3.05) is 26.0 Å². The number of carbonyl (C=O) groups is 1. The van der Waals surface area contributed by atoms with Gasteiger partial charge in [0.2, 0.25) is 5.91 Å². The van der Waals surface area contributed by atoms with Gasteiger partial charge in [0, 0.05) is 37.8 Å². The Balaban J connectivity index is 1.33. The molecule has 0 fully saturated rings. The van der Waals surface area contributed by atoms with E-state index in [-0.39, 0.29) is 11.8 Å². The number of aliphatic imine (C=N–C) groups is 1. The van der Waals surface area contributed by atoms with Crippen LogP contribution in [0.2, 0.25) is 0 Å². The van der Waals surface area contributed by atoms with Crippen LogP contribution in [0, 0.1) is 0 Å². The topological polar surface area (TPSA) is 92.6 Å². The Bertz CT molecular complexity index is 1070. The highest BCUT2D eigenvalue weighted by Gasteiger charge is 2.24. The van der Waals surface area contributed by atoms with E-state index in [9.17, 15) is 4.79 Å². The number of ether oxygens (including phenoxy) is 1. The van der Waals surface area contributed by atoms with Crippen molar-refractivity contribution < 1.29 is 9.53 Å². The quantitative estimate of drug-likeness (QED) is 0.423. The second-order valence-electron chi connectivity index (χ2n) is 7.29. The lowest BCUT2D eigenvalue weighted by Crippen LogP contribution is -2.40. The minimum Gasteiger partial charge on any atom is -0.497 e. The maximum Gasteiger partial charge on any atom is 0.225 e. The number of hydrogen-bond donors (Lipinski definition) is 3. The number of methoxy groups -OCH3 is 1. The van der Waals surface area contributed by atoms with Gasteiger partial charge < -0.3 is 20.7 Å². The van der Waals surface area contributed by atoms with Crippen LogP contribution in [0.5, 0.6) is 5.75 Å². The van der Waals surface area contributed by atoms with Crippen LogP contribution >= 0.6 is 0 Å². The summed E-state index contributed by atoms with van der Waals surface area (Å²) in [5, 5.41) is 14.2. The molecule has 0 spiro atoms. The van der Waals surface area contributed by atoms with Crippen molar-refractivity contribution in [2.45, 2.75) is 18.9 Å². The summed E-state index contributed by atoms with van der Waals surface area (Å²) in [6.45, 7) is 1.15. The highest BCUT2D eigenvalue weighted by Crippen LogP contribution is 2.31. The Morgan fingerprint density at radius 3 is 2.77 bits per heavy atom. The molecule has 0 saturated carbocycles. The molecular weight excluding hydrogens is 392 g/mol. The third-order valence-corrected chi connectivity index (χ3v) is 5.26. The smallest absolute Gasteiger partial charge is 0.225 e. The number of nitrogens with one attached hydrogen (secondary N) is 3. The fourth-order valence-electron chi connectivity index (χ4n) is 3.63. The van der Waals surface area contributed by atoms with Gasteiger partial charge in [-0.3, -0.25) is 9.79 Å². The summed E-state index contributed by atoms with van der Waals surface area (Å²) in [6.07, 6.45) is 2.37. The fourth-order valence-corrected chi connectivity index (χ4v) is 3.63. The molecule has 0 saturated heterocycles. The van der Waals surface area contributed by atoms with Crippen LogP contribution in [-0.4, -0.2) is 42.3 Å². The molecule has 160 valence electrons. The van der Waals surface area contributed by atoms with Gasteiger partial charge in [-0.1, -0.05) is 18.2 Å². The van der Waals surface area contributed by atoms with Gasteiger partial charge in [0.05, 0.1) is 25.0 Å². The number of rotatable bonds is 6. The Morgan fingerprint density at radius 2 is 2.00 bits per heavy atom. The predicted octanol–water partition coefficient (Wildman–Crippen LogP) is 2.67. The Hall–Kier alpha value is -3.81. The number of amides is 1. The largest absolute Gasteiger partial charge is 0.497 e. The minimum absolute atomic E-state index is 0.0394. The molecule has 1 aliphatic heterocycles. The molecule has 31 heavy (non-hydrogen) atoms. The van der Waals surface area contributed by atoms with Crippen LogP contribution in [0.3, 0.4) is 0 Å². The van der Waals surface area contributed by atoms with Gasteiger partial charge in [-0.15, -0.1) is 0 Å². The molecular formula is C23H26N6O2. The lowest BCUT2D eigenvalue weighted by Gasteiger charge is -2.26. The van der Waals surface area contributed by atoms with E-state index in [1.54, 1.807) is 14.2 Å². The van der Waals surface area contributed by atoms with E-state index in [4.69, 9.17) is 4.74 Å². The third-order valence-electron chi connectivity index (χ3n) is 5.26. The summed E-state index contributed by atoms with van der Waals surface area (Å²) < 4.78 is 7.02. The van der Waals surface area contributed by atoms with E-state index >= 15 is 0 Å². The molecule has 3 N–H and O–H groups in total. The maximum absolute atomic E-state index is 12.0. The second kappa shape index (κ2) is 9.34. The van der Waals surface area contributed by atoms with Gasteiger partial charge in [0.25, 0.3) is 0 Å². The van der Waals surface area contributed by atoms with Crippen molar-refractivity contribution >= 4 is 17.6 Å². The molecule has 8 nitrogen and oxygen atoms in total. The highest BCUT2D eigenvalue weighted by atomic mass is 16.5. The number of nitrogens with zero attached hydrogens (tertiary/aromatic N) is 3. The standard InChI is InChI=1S/C23H26N6O2/c1-24-23(25-14-16-13-22(30)27-21-6-4-3-5-20(16)21)26-15-17-11-12-29(28-17)18-7-9-19(31-2)10-8-18/h3-12,16H,13-15H2,1-2H3,(H,27,30)(H2,24,25,26). The molecule has 1 amide bonds. The lowest BCUT2D eigenvalue weighted by molar-refractivity contribution is -0.116. The first-order valence-electron chi connectivity index (χ1n) is 10.2. The van der Waals surface area contributed by atoms with E-state index in [0.29, 0.717) is 25.5 Å². The zero-order valence-electron chi connectivity index (χ0n) is 17.6. The number of guanidine groups is 1. The molecule has 1 aliphatic rings. The third kappa shape index (κ3) is 4.85. The average Bonchev–Trinajstić information content (AvgIpc) is 3.28. The Kier molecular flexibility index (Phi) is 6.16. The van der Waals surface area contributed by atoms with Crippen molar-refractivity contribution in [1.29, 1.82) is 0 Å². The summed E-state index contributed by atoms with van der Waals surface area (Å²) in [4.78, 5) is 16.3. The zero-order chi connectivity index (χ0) is 21.6. The fraction of sp³-hybridized carbons (Fsp3) is 0.261. The number of benzene rings is 2. The summed E-state index contributed by atoms with van der Waals surface area (Å²) in [5.74, 6) is 1.61. The van der Waals surface area contributed by atoms with Gasteiger partial charge in [-0.25, -0.2) is 4.68 Å². The summed E-state index contributed by atoms with van der Waals surface area (Å²) in [6, 6.07) is 17.6. The molecule has 2 heterocycles. The molecule has 0 aliphatic carbocycles. The Labute approximate surface area is 181 Å². The van der Waals surface area contributed by atoms with E-state index in [2.05, 4.69) is 32.1 Å². The molecule has 0 radical (unpaired) electrons. The zero-order valence-corrected chi connectivity index (χ0v) is 17.6. The van der Waals surface area contributed by atoms with Crippen LogP contribution in [0.1, 0.15) is 23.6 Å². The normalized spacial score (nSPS) is 15.7. The maximum atomic E-state index is 12.0. The summed E-state index contributed by atoms with van der Waals surface area (Å²) in [5.41, 5.74) is 3.88. The number of fused-ring (bicyclic) bond motifs is 1. The molecule has 0 bridgehead atoms. The van der Waals surface area contributed by atoms with Gasteiger partial charge in [-0.2, -0.15) is 5.10 Å². The number of aromatic nitrogens is 2. The molecule has 3 aromatic rings. The van der Waals surface area contributed by atoms with E-state index in [1.165, 1.54) is 0 Å². The number of anilines is 1. The molecule has 4 rings (SSSR count). The first-order chi connectivity index (χ1) is 15.2. The number of hydrogen-bond acceptors (Lipinski definition) is 4. The predicted molar refractivity (Wildman–Crippen MR) is 121 cm³/mol. The van der Waals surface area contributed by atoms with E-state index in [0.717, 1.165) is 28.4 Å². The van der Waals surface area contributed by atoms with Gasteiger partial charge in [0.15, 0.2) is 5.96 Å². The summed E-state index contributed by atoms with van der Waals surface area (Å²) >= 11 is 0. The molecule has 2 aromatic carbocycles. The SMILES string of the molecule is CN=C(NCc1ccn(-c2ccc(OC)cc2)n1)NCC1CC(=O)Nc2ccccc21. The van der Waals surface area contributed by atoms with Gasteiger partial charge in [-0.05, 0) is 42.0 Å². The van der Waals surface area contributed by atoms with Crippen molar-refractivity contribution in [2.24, 2.45) is 4.99 Å². The first-order valence-corrected chi connectivity index (χ1v) is 10.2. The molecule has 1 aromatic heterocycles. The van der Waals surface area contributed by atoms with Crippen molar-refractivity contribution in [3.8, 4) is 11.4 Å². The van der Waals surface area contributed by atoms with E-state index in [1.807, 2.05) is 59.4 Å². The van der Waals surface area contributed by atoms with E-state index < -0.39 is 0 Å². The minimum atomic E-state index is 0.0394. The van der Waals surface area contributed by atoms with Crippen LogP contribution in [0.25, 0.3) is 5.69 Å². The van der Waals surface area contributed by atoms with Crippen molar-refractivity contribution in [3.63, 3.8) is 0 Å². The molecule has 1 atom stereocenters. The highest BCUT2D eigenvalue weighted by molar-refractivity contribution is 5.94. The first kappa shape index (κ1) is 20.5. The van der Waals surface area contributed by atoms with Crippen LogP contribution in [-0.2, 0) is 11.3 Å².